The number of carbonyl (C=O) groups excluding carboxylic acids is 2. The fourth-order valence-corrected chi connectivity index (χ4v) is 1.02. The lowest BCUT2D eigenvalue weighted by Crippen LogP contribution is -2.50. The van der Waals surface area contributed by atoms with Crippen molar-refractivity contribution < 1.29 is 9.59 Å². The van der Waals surface area contributed by atoms with Crippen LogP contribution < -0.4 is 11.1 Å². The van der Waals surface area contributed by atoms with Crippen molar-refractivity contribution in [1.82, 2.24) is 10.2 Å². The van der Waals surface area contributed by atoms with Gasteiger partial charge in [-0.2, -0.15) is 0 Å². The number of primary amides is 1. The molecule has 1 rings (SSSR count). The standard InChI is InChI=1S/C6H11N3O2/c7-5(10)6(11)9-3-1-8-2-4-9/h8H,1-4H2,(H2,7,10). The molecular formula is C6H11N3O2. The van der Waals surface area contributed by atoms with E-state index in [1.165, 1.54) is 4.90 Å². The molecule has 0 bridgehead atoms. The molecule has 0 aromatic heterocycles. The van der Waals surface area contributed by atoms with Gasteiger partial charge in [0.05, 0.1) is 0 Å². The molecule has 1 aliphatic heterocycles. The van der Waals surface area contributed by atoms with Crippen molar-refractivity contribution in [3.05, 3.63) is 0 Å². The van der Waals surface area contributed by atoms with E-state index in [1.54, 1.807) is 0 Å². The Kier molecular flexibility index (Phi) is 2.43. The minimum atomic E-state index is -0.869. The van der Waals surface area contributed by atoms with Gasteiger partial charge in [0.15, 0.2) is 0 Å². The van der Waals surface area contributed by atoms with Gasteiger partial charge in [-0.1, -0.05) is 0 Å². The predicted octanol–water partition coefficient (Wildman–Crippen LogP) is -2.10. The third-order valence-electron chi connectivity index (χ3n) is 1.61. The van der Waals surface area contributed by atoms with Gasteiger partial charge in [0, 0.05) is 26.2 Å². The minimum Gasteiger partial charge on any atom is -0.361 e. The molecule has 1 heterocycles. The van der Waals surface area contributed by atoms with Gasteiger partial charge < -0.3 is 16.0 Å². The van der Waals surface area contributed by atoms with Crippen molar-refractivity contribution in [3.8, 4) is 0 Å². The van der Waals surface area contributed by atoms with Gasteiger partial charge in [-0.15, -0.1) is 0 Å². The van der Waals surface area contributed by atoms with E-state index in [0.29, 0.717) is 13.1 Å². The Hall–Kier alpha value is -1.10. The van der Waals surface area contributed by atoms with Crippen LogP contribution >= 0.6 is 0 Å². The van der Waals surface area contributed by atoms with Gasteiger partial charge in [-0.25, -0.2) is 0 Å². The average Bonchev–Trinajstić information content (AvgIpc) is 2.05. The molecule has 0 atom stereocenters. The summed E-state index contributed by atoms with van der Waals surface area (Å²) in [5.74, 6) is -1.45. The number of piperazine rings is 1. The molecule has 1 aliphatic rings. The van der Waals surface area contributed by atoms with Gasteiger partial charge in [0.25, 0.3) is 0 Å². The largest absolute Gasteiger partial charge is 0.361 e. The maximum atomic E-state index is 10.9. The number of amides is 2. The Morgan fingerprint density at radius 2 is 1.82 bits per heavy atom. The second-order valence-electron chi connectivity index (χ2n) is 2.41. The summed E-state index contributed by atoms with van der Waals surface area (Å²) in [5, 5.41) is 3.06. The first-order chi connectivity index (χ1) is 5.22. The summed E-state index contributed by atoms with van der Waals surface area (Å²) < 4.78 is 0. The lowest BCUT2D eigenvalue weighted by Gasteiger charge is -2.25. The van der Waals surface area contributed by atoms with E-state index >= 15 is 0 Å². The van der Waals surface area contributed by atoms with E-state index in [4.69, 9.17) is 5.73 Å². The molecule has 0 spiro atoms. The summed E-state index contributed by atoms with van der Waals surface area (Å²) in [4.78, 5) is 22.8. The van der Waals surface area contributed by atoms with E-state index in [-0.39, 0.29) is 0 Å². The Labute approximate surface area is 64.5 Å². The third kappa shape index (κ3) is 1.91. The summed E-state index contributed by atoms with van der Waals surface area (Å²) in [6.07, 6.45) is 0. The highest BCUT2D eigenvalue weighted by Crippen LogP contribution is 1.91. The van der Waals surface area contributed by atoms with E-state index in [9.17, 15) is 9.59 Å². The zero-order valence-electron chi connectivity index (χ0n) is 6.17. The van der Waals surface area contributed by atoms with Gasteiger partial charge in [-0.3, -0.25) is 9.59 Å². The maximum absolute atomic E-state index is 10.9. The first kappa shape index (κ1) is 8.00. The van der Waals surface area contributed by atoms with Crippen LogP contribution in [0.4, 0.5) is 0 Å². The quantitative estimate of drug-likeness (QED) is 0.396. The first-order valence-electron chi connectivity index (χ1n) is 3.51. The van der Waals surface area contributed by atoms with E-state index in [2.05, 4.69) is 5.32 Å². The summed E-state index contributed by atoms with van der Waals surface area (Å²) in [6, 6.07) is 0. The van der Waals surface area contributed by atoms with Crippen LogP contribution in [-0.4, -0.2) is 42.9 Å². The molecule has 0 aromatic rings. The van der Waals surface area contributed by atoms with Crippen LogP contribution in [0, 0.1) is 0 Å². The summed E-state index contributed by atoms with van der Waals surface area (Å²) in [5.41, 5.74) is 4.82. The van der Waals surface area contributed by atoms with Gasteiger partial charge >= 0.3 is 11.8 Å². The van der Waals surface area contributed by atoms with Crippen LogP contribution in [0.1, 0.15) is 0 Å². The van der Waals surface area contributed by atoms with Crippen molar-refractivity contribution in [2.45, 2.75) is 0 Å². The van der Waals surface area contributed by atoms with Crippen LogP contribution in [0.5, 0.6) is 0 Å². The molecule has 1 saturated heterocycles. The zero-order chi connectivity index (χ0) is 8.27. The summed E-state index contributed by atoms with van der Waals surface area (Å²) in [6.45, 7) is 2.61. The van der Waals surface area contributed by atoms with Crippen LogP contribution in [0.2, 0.25) is 0 Å². The molecule has 1 fully saturated rings. The molecule has 0 saturated carbocycles. The second kappa shape index (κ2) is 3.34. The number of carbonyl (C=O) groups is 2. The first-order valence-corrected chi connectivity index (χ1v) is 3.51. The Morgan fingerprint density at radius 3 is 2.27 bits per heavy atom. The molecule has 0 aliphatic carbocycles. The van der Waals surface area contributed by atoms with Crippen molar-refractivity contribution in [3.63, 3.8) is 0 Å². The van der Waals surface area contributed by atoms with Crippen LogP contribution in [0.15, 0.2) is 0 Å². The number of nitrogens with one attached hydrogen (secondary N) is 1. The maximum Gasteiger partial charge on any atom is 0.311 e. The van der Waals surface area contributed by atoms with E-state index < -0.39 is 11.8 Å². The normalized spacial score (nSPS) is 18.0. The predicted molar refractivity (Wildman–Crippen MR) is 38.6 cm³/mol. The zero-order valence-corrected chi connectivity index (χ0v) is 6.17. The van der Waals surface area contributed by atoms with Crippen LogP contribution in [0.3, 0.4) is 0 Å². The highest BCUT2D eigenvalue weighted by molar-refractivity contribution is 6.34. The Balaban J connectivity index is 2.45. The fourth-order valence-electron chi connectivity index (χ4n) is 1.02. The molecule has 5 heteroatoms. The van der Waals surface area contributed by atoms with Crippen molar-refractivity contribution in [2.75, 3.05) is 26.2 Å². The van der Waals surface area contributed by atoms with Crippen LogP contribution in [0.25, 0.3) is 0 Å². The Morgan fingerprint density at radius 1 is 1.27 bits per heavy atom. The van der Waals surface area contributed by atoms with Gasteiger partial charge in [-0.05, 0) is 0 Å². The Bertz CT molecular complexity index is 175. The summed E-state index contributed by atoms with van der Waals surface area (Å²) >= 11 is 0. The number of hydrogen-bond acceptors (Lipinski definition) is 3. The summed E-state index contributed by atoms with van der Waals surface area (Å²) in [7, 11) is 0. The monoisotopic (exact) mass is 157 g/mol. The highest BCUT2D eigenvalue weighted by Gasteiger charge is 2.19. The van der Waals surface area contributed by atoms with Gasteiger partial charge in [0.1, 0.15) is 0 Å². The third-order valence-corrected chi connectivity index (χ3v) is 1.61. The van der Waals surface area contributed by atoms with Crippen molar-refractivity contribution >= 4 is 11.8 Å². The molecule has 2 amide bonds. The van der Waals surface area contributed by atoms with Crippen molar-refractivity contribution in [1.29, 1.82) is 0 Å². The van der Waals surface area contributed by atoms with Gasteiger partial charge in [0.2, 0.25) is 0 Å². The van der Waals surface area contributed by atoms with Crippen LogP contribution in [-0.2, 0) is 9.59 Å². The highest BCUT2D eigenvalue weighted by atomic mass is 16.2. The molecule has 5 nitrogen and oxygen atoms in total. The van der Waals surface area contributed by atoms with E-state index in [1.807, 2.05) is 0 Å². The number of rotatable bonds is 0. The van der Waals surface area contributed by atoms with E-state index in [0.717, 1.165) is 13.1 Å². The van der Waals surface area contributed by atoms with Crippen molar-refractivity contribution in [2.24, 2.45) is 5.73 Å². The molecule has 0 radical (unpaired) electrons. The molecule has 3 N–H and O–H groups in total. The minimum absolute atomic E-state index is 0.571. The topological polar surface area (TPSA) is 75.4 Å². The lowest BCUT2D eigenvalue weighted by molar-refractivity contribution is -0.144. The second-order valence-corrected chi connectivity index (χ2v) is 2.41. The molecule has 62 valence electrons. The fraction of sp³-hybridized carbons (Fsp3) is 0.667. The number of nitrogens with zero attached hydrogens (tertiary/aromatic N) is 1. The lowest BCUT2D eigenvalue weighted by atomic mass is 10.3. The number of hydrogen-bond donors (Lipinski definition) is 2. The smallest absolute Gasteiger partial charge is 0.311 e. The molecule has 0 aromatic carbocycles. The molecule has 0 unspecified atom stereocenters. The number of nitrogens with two attached hydrogens (primary N) is 1. The SMILES string of the molecule is NC(=O)C(=O)N1CCNCC1. The average molecular weight is 157 g/mol. The molecule has 11 heavy (non-hydrogen) atoms. The molecular weight excluding hydrogens is 146 g/mol.